The van der Waals surface area contributed by atoms with Crippen molar-refractivity contribution in [1.29, 1.82) is 0 Å². The molecule has 0 unspecified atom stereocenters. The van der Waals surface area contributed by atoms with Crippen LogP contribution in [0.2, 0.25) is 0 Å². The molecule has 0 fully saturated rings. The lowest BCUT2D eigenvalue weighted by atomic mass is 10.1. The van der Waals surface area contributed by atoms with Gasteiger partial charge in [-0.05, 0) is 36.4 Å². The third-order valence-corrected chi connectivity index (χ3v) is 2.61. The molecule has 0 heterocycles. The highest BCUT2D eigenvalue weighted by molar-refractivity contribution is 6.04. The van der Waals surface area contributed by atoms with Crippen LogP contribution in [0.25, 0.3) is 0 Å². The molecule has 0 saturated carbocycles. The molecule has 0 aliphatic carbocycles. The lowest BCUT2D eigenvalue weighted by Crippen LogP contribution is -2.14. The van der Waals surface area contributed by atoms with Gasteiger partial charge in [-0.3, -0.25) is 4.79 Å². The molecule has 0 aliphatic rings. The van der Waals surface area contributed by atoms with Crippen LogP contribution in [0.4, 0.5) is 14.5 Å². The number of anilines is 1. The molecular formula is C16H11F2NO2. The smallest absolute Gasteiger partial charge is 0.258 e. The van der Waals surface area contributed by atoms with Crippen molar-refractivity contribution in [3.05, 3.63) is 65.2 Å². The summed E-state index contributed by atoms with van der Waals surface area (Å²) in [6, 6.07) is 9.08. The Labute approximate surface area is 120 Å². The van der Waals surface area contributed by atoms with E-state index < -0.39 is 17.5 Å². The van der Waals surface area contributed by atoms with Gasteiger partial charge in [0, 0.05) is 11.3 Å². The maximum atomic E-state index is 13.7. The quantitative estimate of drug-likeness (QED) is 0.834. The molecule has 0 bridgehead atoms. The zero-order valence-corrected chi connectivity index (χ0v) is 10.9. The van der Waals surface area contributed by atoms with E-state index in [4.69, 9.17) is 5.11 Å². The zero-order chi connectivity index (χ0) is 15.2. The Morgan fingerprint density at radius 3 is 2.71 bits per heavy atom. The molecule has 0 spiro atoms. The molecule has 2 rings (SSSR count). The van der Waals surface area contributed by atoms with Crippen LogP contribution in [0.1, 0.15) is 15.9 Å². The number of carbonyl (C=O) groups excluding carboxylic acids is 1. The number of rotatable bonds is 2. The first kappa shape index (κ1) is 14.7. The number of halogens is 2. The van der Waals surface area contributed by atoms with Gasteiger partial charge in [0.2, 0.25) is 0 Å². The van der Waals surface area contributed by atoms with Gasteiger partial charge in [-0.15, -0.1) is 0 Å². The number of aliphatic hydroxyl groups excluding tert-OH is 1. The topological polar surface area (TPSA) is 49.3 Å². The van der Waals surface area contributed by atoms with Crippen molar-refractivity contribution in [3.8, 4) is 11.8 Å². The van der Waals surface area contributed by atoms with E-state index in [1.165, 1.54) is 30.3 Å². The molecule has 3 nitrogen and oxygen atoms in total. The zero-order valence-electron chi connectivity index (χ0n) is 10.9. The maximum absolute atomic E-state index is 13.7. The van der Waals surface area contributed by atoms with Gasteiger partial charge in [0.15, 0.2) is 0 Å². The minimum Gasteiger partial charge on any atom is -0.384 e. The maximum Gasteiger partial charge on any atom is 0.258 e. The predicted octanol–water partition coefficient (Wildman–Crippen LogP) is 2.56. The summed E-state index contributed by atoms with van der Waals surface area (Å²) < 4.78 is 26.7. The second-order valence-corrected chi connectivity index (χ2v) is 4.12. The van der Waals surface area contributed by atoms with Crippen LogP contribution in [0.15, 0.2) is 42.5 Å². The molecule has 2 N–H and O–H groups in total. The predicted molar refractivity (Wildman–Crippen MR) is 74.7 cm³/mol. The van der Waals surface area contributed by atoms with Gasteiger partial charge in [0.05, 0.1) is 5.56 Å². The molecule has 0 aromatic heterocycles. The minimum atomic E-state index is -0.710. The van der Waals surface area contributed by atoms with E-state index in [1.54, 1.807) is 0 Å². The number of hydrogen-bond donors (Lipinski definition) is 2. The number of carbonyl (C=O) groups is 1. The highest BCUT2D eigenvalue weighted by atomic mass is 19.1. The van der Waals surface area contributed by atoms with Crippen LogP contribution in [0.3, 0.4) is 0 Å². The van der Waals surface area contributed by atoms with Gasteiger partial charge >= 0.3 is 0 Å². The lowest BCUT2D eigenvalue weighted by Gasteiger charge is -2.06. The number of amides is 1. The summed E-state index contributed by atoms with van der Waals surface area (Å²) in [5.41, 5.74) is 0.421. The lowest BCUT2D eigenvalue weighted by molar-refractivity contribution is 0.102. The molecule has 5 heteroatoms. The molecule has 0 atom stereocenters. The number of hydrogen-bond acceptors (Lipinski definition) is 2. The van der Waals surface area contributed by atoms with Gasteiger partial charge in [-0.25, -0.2) is 8.78 Å². The largest absolute Gasteiger partial charge is 0.384 e. The van der Waals surface area contributed by atoms with E-state index in [2.05, 4.69) is 17.2 Å². The van der Waals surface area contributed by atoms with Gasteiger partial charge in [-0.2, -0.15) is 0 Å². The van der Waals surface area contributed by atoms with Crippen molar-refractivity contribution in [2.45, 2.75) is 0 Å². The molecule has 21 heavy (non-hydrogen) atoms. The number of benzene rings is 2. The van der Waals surface area contributed by atoms with E-state index in [0.717, 1.165) is 12.1 Å². The van der Waals surface area contributed by atoms with Crippen LogP contribution in [-0.2, 0) is 0 Å². The van der Waals surface area contributed by atoms with Crippen LogP contribution in [-0.4, -0.2) is 17.6 Å². The summed E-state index contributed by atoms with van der Waals surface area (Å²) in [6.45, 7) is -0.331. The fourth-order valence-electron chi connectivity index (χ4n) is 1.68. The summed E-state index contributed by atoms with van der Waals surface area (Å²) in [4.78, 5) is 12.0. The Morgan fingerprint density at radius 1 is 1.19 bits per heavy atom. The van der Waals surface area contributed by atoms with Crippen molar-refractivity contribution in [1.82, 2.24) is 0 Å². The van der Waals surface area contributed by atoms with Crippen LogP contribution in [0, 0.1) is 23.5 Å². The van der Waals surface area contributed by atoms with Gasteiger partial charge in [0.25, 0.3) is 5.91 Å². The third-order valence-electron chi connectivity index (χ3n) is 2.61. The van der Waals surface area contributed by atoms with Crippen molar-refractivity contribution in [3.63, 3.8) is 0 Å². The van der Waals surface area contributed by atoms with Crippen LogP contribution in [0.5, 0.6) is 0 Å². The van der Waals surface area contributed by atoms with E-state index in [9.17, 15) is 13.6 Å². The molecular weight excluding hydrogens is 276 g/mol. The molecule has 1 amide bonds. The SMILES string of the molecule is O=C(Nc1cccc(F)c1)c1cc(C#CCO)ccc1F. The summed E-state index contributed by atoms with van der Waals surface area (Å²) in [5.74, 6) is 3.08. The average molecular weight is 287 g/mol. The van der Waals surface area contributed by atoms with E-state index >= 15 is 0 Å². The average Bonchev–Trinajstić information content (AvgIpc) is 2.46. The monoisotopic (exact) mass is 287 g/mol. The molecule has 0 saturated heterocycles. The Morgan fingerprint density at radius 2 is 2.00 bits per heavy atom. The minimum absolute atomic E-state index is 0.205. The Kier molecular flexibility index (Phi) is 4.64. The number of aliphatic hydroxyl groups is 1. The fourth-order valence-corrected chi connectivity index (χ4v) is 1.68. The molecule has 106 valence electrons. The highest BCUT2D eigenvalue weighted by Gasteiger charge is 2.12. The highest BCUT2D eigenvalue weighted by Crippen LogP contribution is 2.14. The first-order valence-corrected chi connectivity index (χ1v) is 6.06. The first-order chi connectivity index (χ1) is 10.1. The third kappa shape index (κ3) is 3.88. The normalized spacial score (nSPS) is 9.67. The fraction of sp³-hybridized carbons (Fsp3) is 0.0625. The Balaban J connectivity index is 2.26. The van der Waals surface area contributed by atoms with Crippen molar-refractivity contribution in [2.24, 2.45) is 0 Å². The summed E-state index contributed by atoms with van der Waals surface area (Å²) >= 11 is 0. The second kappa shape index (κ2) is 6.64. The van der Waals surface area contributed by atoms with Gasteiger partial charge in [-0.1, -0.05) is 17.9 Å². The van der Waals surface area contributed by atoms with E-state index in [1.807, 2.05) is 0 Å². The summed E-state index contributed by atoms with van der Waals surface area (Å²) in [6.07, 6.45) is 0. The van der Waals surface area contributed by atoms with Gasteiger partial charge in [0.1, 0.15) is 18.2 Å². The van der Waals surface area contributed by atoms with Crippen molar-refractivity contribution in [2.75, 3.05) is 11.9 Å². The van der Waals surface area contributed by atoms with E-state index in [0.29, 0.717) is 5.56 Å². The summed E-state index contributed by atoms with van der Waals surface area (Å²) in [5, 5.41) is 11.0. The Hall–Kier alpha value is -2.71. The van der Waals surface area contributed by atoms with Crippen molar-refractivity contribution < 1.29 is 18.7 Å². The summed E-state index contributed by atoms with van der Waals surface area (Å²) in [7, 11) is 0. The Bertz CT molecular complexity index is 733. The molecule has 0 aliphatic heterocycles. The standard InChI is InChI=1S/C16H11F2NO2/c17-12-4-1-5-13(10-12)19-16(21)14-9-11(3-2-8-20)6-7-15(14)18/h1,4-7,9-10,20H,8H2,(H,19,21). The molecule has 2 aromatic carbocycles. The van der Waals surface area contributed by atoms with E-state index in [-0.39, 0.29) is 17.9 Å². The van der Waals surface area contributed by atoms with Crippen molar-refractivity contribution >= 4 is 11.6 Å². The van der Waals surface area contributed by atoms with Crippen LogP contribution < -0.4 is 5.32 Å². The van der Waals surface area contributed by atoms with Gasteiger partial charge < -0.3 is 10.4 Å². The van der Waals surface area contributed by atoms with Crippen LogP contribution >= 0.6 is 0 Å². The molecule has 0 radical (unpaired) electrons. The number of nitrogens with one attached hydrogen (secondary N) is 1. The first-order valence-electron chi connectivity index (χ1n) is 6.06. The second-order valence-electron chi connectivity index (χ2n) is 4.12. The molecule has 2 aromatic rings.